The van der Waals surface area contributed by atoms with E-state index in [1.807, 2.05) is 12.1 Å². The van der Waals surface area contributed by atoms with Crippen molar-refractivity contribution in [3.05, 3.63) is 52.2 Å². The first kappa shape index (κ1) is 16.5. The third-order valence-electron chi connectivity index (χ3n) is 3.62. The van der Waals surface area contributed by atoms with Crippen molar-refractivity contribution >= 4 is 39.7 Å². The molecule has 3 rings (SSSR count). The van der Waals surface area contributed by atoms with Gasteiger partial charge in [-0.15, -0.1) is 11.8 Å². The molecular weight excluding hydrogens is 328 g/mol. The molecular formula is C18H16O5S. The molecule has 0 amide bonds. The number of esters is 1. The second-order valence-electron chi connectivity index (χ2n) is 5.13. The normalized spacial score (nSPS) is 11.1. The van der Waals surface area contributed by atoms with Crippen molar-refractivity contribution in [3.8, 4) is 0 Å². The van der Waals surface area contributed by atoms with Crippen LogP contribution >= 0.6 is 11.8 Å². The van der Waals surface area contributed by atoms with E-state index in [1.165, 1.54) is 13.2 Å². The number of hydrogen-bond acceptors (Lipinski definition) is 6. The van der Waals surface area contributed by atoms with E-state index in [-0.39, 0.29) is 5.43 Å². The van der Waals surface area contributed by atoms with Crippen molar-refractivity contribution in [2.75, 3.05) is 26.6 Å². The second kappa shape index (κ2) is 7.07. The van der Waals surface area contributed by atoms with Crippen LogP contribution in [-0.4, -0.2) is 32.5 Å². The molecule has 1 heterocycles. The molecule has 24 heavy (non-hydrogen) atoms. The second-order valence-corrected chi connectivity index (χ2v) is 6.30. The topological polar surface area (TPSA) is 65.7 Å². The molecule has 0 aliphatic carbocycles. The third kappa shape index (κ3) is 3.16. The van der Waals surface area contributed by atoms with Gasteiger partial charge >= 0.3 is 5.97 Å². The van der Waals surface area contributed by atoms with Gasteiger partial charge in [0, 0.05) is 17.8 Å². The van der Waals surface area contributed by atoms with E-state index in [4.69, 9.17) is 13.9 Å². The van der Waals surface area contributed by atoms with E-state index >= 15 is 0 Å². The van der Waals surface area contributed by atoms with Crippen molar-refractivity contribution in [2.45, 2.75) is 4.90 Å². The zero-order chi connectivity index (χ0) is 17.1. The van der Waals surface area contributed by atoms with Gasteiger partial charge in [-0.1, -0.05) is 0 Å². The highest BCUT2D eigenvalue weighted by atomic mass is 32.2. The van der Waals surface area contributed by atoms with Crippen molar-refractivity contribution in [2.24, 2.45) is 0 Å². The fourth-order valence-electron chi connectivity index (χ4n) is 2.41. The quantitative estimate of drug-likeness (QED) is 0.306. The highest BCUT2D eigenvalue weighted by molar-refractivity contribution is 7.99. The molecule has 1 aromatic heterocycles. The predicted molar refractivity (Wildman–Crippen MR) is 93.9 cm³/mol. The van der Waals surface area contributed by atoms with Crippen LogP contribution in [0.4, 0.5) is 0 Å². The lowest BCUT2D eigenvalue weighted by atomic mass is 10.1. The van der Waals surface area contributed by atoms with Gasteiger partial charge in [-0.2, -0.15) is 0 Å². The fraction of sp³-hybridized carbons (Fsp3) is 0.222. The van der Waals surface area contributed by atoms with Crippen LogP contribution in [0.15, 0.2) is 50.5 Å². The summed E-state index contributed by atoms with van der Waals surface area (Å²) in [6.45, 7) is 0.636. The Morgan fingerprint density at radius 3 is 2.50 bits per heavy atom. The number of carbonyl (C=O) groups is 1. The van der Waals surface area contributed by atoms with Crippen molar-refractivity contribution < 1.29 is 18.7 Å². The van der Waals surface area contributed by atoms with Gasteiger partial charge in [0.25, 0.3) is 0 Å². The Bertz CT molecular complexity index is 961. The van der Waals surface area contributed by atoms with Gasteiger partial charge in [-0.3, -0.25) is 4.79 Å². The van der Waals surface area contributed by atoms with Gasteiger partial charge in [0.15, 0.2) is 0 Å². The molecule has 0 bridgehead atoms. The van der Waals surface area contributed by atoms with Crippen LogP contribution in [0.1, 0.15) is 10.4 Å². The minimum Gasteiger partial charge on any atom is -0.465 e. The van der Waals surface area contributed by atoms with E-state index in [2.05, 4.69) is 0 Å². The number of carbonyl (C=O) groups excluding carboxylic acids is 1. The first-order valence-electron chi connectivity index (χ1n) is 7.34. The average molecular weight is 344 g/mol. The monoisotopic (exact) mass is 344 g/mol. The maximum Gasteiger partial charge on any atom is 0.337 e. The molecule has 0 unspecified atom stereocenters. The van der Waals surface area contributed by atoms with E-state index in [0.717, 1.165) is 10.6 Å². The van der Waals surface area contributed by atoms with Gasteiger partial charge in [-0.05, 0) is 36.4 Å². The molecule has 0 radical (unpaired) electrons. The third-order valence-corrected chi connectivity index (χ3v) is 4.58. The summed E-state index contributed by atoms with van der Waals surface area (Å²) < 4.78 is 15.5. The minimum atomic E-state index is -0.486. The molecule has 2 aromatic carbocycles. The largest absolute Gasteiger partial charge is 0.465 e. The van der Waals surface area contributed by atoms with Gasteiger partial charge in [0.2, 0.25) is 5.43 Å². The summed E-state index contributed by atoms with van der Waals surface area (Å²) in [5.41, 5.74) is 1.13. The van der Waals surface area contributed by atoms with E-state index in [9.17, 15) is 9.59 Å². The van der Waals surface area contributed by atoms with Crippen LogP contribution in [0.3, 0.4) is 0 Å². The van der Waals surface area contributed by atoms with Crippen molar-refractivity contribution in [1.82, 2.24) is 0 Å². The molecule has 5 nitrogen and oxygen atoms in total. The van der Waals surface area contributed by atoms with Crippen LogP contribution in [-0.2, 0) is 9.47 Å². The molecule has 3 aromatic rings. The Labute approximate surface area is 142 Å². The number of thioether (sulfide) groups is 1. The zero-order valence-corrected chi connectivity index (χ0v) is 14.1. The molecule has 0 saturated carbocycles. The first-order chi connectivity index (χ1) is 11.6. The van der Waals surface area contributed by atoms with Crippen molar-refractivity contribution in [3.63, 3.8) is 0 Å². The molecule has 0 aliphatic heterocycles. The van der Waals surface area contributed by atoms with Crippen LogP contribution in [0.25, 0.3) is 21.9 Å². The molecule has 124 valence electrons. The Morgan fingerprint density at radius 1 is 1.08 bits per heavy atom. The summed E-state index contributed by atoms with van der Waals surface area (Å²) in [4.78, 5) is 25.4. The molecule has 0 saturated heterocycles. The number of rotatable bonds is 5. The van der Waals surface area contributed by atoms with E-state index < -0.39 is 5.97 Å². The molecule has 0 aliphatic rings. The molecule has 6 heteroatoms. The average Bonchev–Trinajstić information content (AvgIpc) is 2.61. The SMILES string of the molecule is COCCSc1ccc2oc3ccc(C(=O)OC)cc3c(=O)c2c1. The van der Waals surface area contributed by atoms with Gasteiger partial charge in [-0.25, -0.2) is 4.79 Å². The zero-order valence-electron chi connectivity index (χ0n) is 13.3. The van der Waals surface area contributed by atoms with E-state index in [1.54, 1.807) is 37.1 Å². The molecule has 0 fully saturated rings. The van der Waals surface area contributed by atoms with Crippen LogP contribution in [0.2, 0.25) is 0 Å². The smallest absolute Gasteiger partial charge is 0.337 e. The minimum absolute atomic E-state index is 0.161. The lowest BCUT2D eigenvalue weighted by molar-refractivity contribution is 0.0601. The fourth-order valence-corrected chi connectivity index (χ4v) is 3.26. The highest BCUT2D eigenvalue weighted by Gasteiger charge is 2.12. The Hall–Kier alpha value is -2.31. The maximum absolute atomic E-state index is 12.8. The van der Waals surface area contributed by atoms with E-state index in [0.29, 0.717) is 34.1 Å². The lowest BCUT2D eigenvalue weighted by Crippen LogP contribution is -2.06. The van der Waals surface area contributed by atoms with Crippen LogP contribution in [0, 0.1) is 0 Å². The summed E-state index contributed by atoms with van der Waals surface area (Å²) >= 11 is 1.61. The Kier molecular flexibility index (Phi) is 4.87. The van der Waals surface area contributed by atoms with Gasteiger partial charge in [0.1, 0.15) is 11.2 Å². The van der Waals surface area contributed by atoms with Crippen molar-refractivity contribution in [1.29, 1.82) is 0 Å². The van der Waals surface area contributed by atoms with Gasteiger partial charge < -0.3 is 13.9 Å². The van der Waals surface area contributed by atoms with Gasteiger partial charge in [0.05, 0.1) is 30.1 Å². The standard InChI is InChI=1S/C18H16O5S/c1-21-7-8-24-12-4-6-16-14(10-12)17(19)13-9-11(18(20)22-2)3-5-15(13)23-16/h3-6,9-10H,7-8H2,1-2H3. The Morgan fingerprint density at radius 2 is 1.79 bits per heavy atom. The summed E-state index contributed by atoms with van der Waals surface area (Å²) in [5.74, 6) is 0.313. The molecule has 0 atom stereocenters. The molecule has 0 spiro atoms. The molecule has 0 N–H and O–H groups in total. The number of methoxy groups -OCH3 is 2. The summed E-state index contributed by atoms with van der Waals surface area (Å²) in [6.07, 6.45) is 0. The first-order valence-corrected chi connectivity index (χ1v) is 8.33. The Balaban J connectivity index is 2.12. The summed E-state index contributed by atoms with van der Waals surface area (Å²) in [7, 11) is 2.96. The summed E-state index contributed by atoms with van der Waals surface area (Å²) in [5, 5.41) is 0.858. The lowest BCUT2D eigenvalue weighted by Gasteiger charge is -2.06. The van der Waals surface area contributed by atoms with Crippen LogP contribution in [0.5, 0.6) is 0 Å². The summed E-state index contributed by atoms with van der Waals surface area (Å²) in [6, 6.07) is 10.2. The number of benzene rings is 2. The maximum atomic E-state index is 12.8. The van der Waals surface area contributed by atoms with Crippen LogP contribution < -0.4 is 5.43 Å². The number of hydrogen-bond donors (Lipinski definition) is 0. The predicted octanol–water partition coefficient (Wildman–Crippen LogP) is 3.47. The highest BCUT2D eigenvalue weighted by Crippen LogP contribution is 2.25. The number of ether oxygens (including phenoxy) is 2. The number of fused-ring (bicyclic) bond motifs is 2.